The quantitative estimate of drug-likeness (QED) is 0.128. The van der Waals surface area contributed by atoms with Crippen molar-refractivity contribution in [1.29, 1.82) is 0 Å². The molecule has 5 nitrogen and oxygen atoms in total. The third-order valence-corrected chi connectivity index (χ3v) is 10.3. The highest BCUT2D eigenvalue weighted by molar-refractivity contribution is 6.69. The molecule has 1 saturated heterocycles. The monoisotopic (exact) mass is 613 g/mol. The van der Waals surface area contributed by atoms with E-state index in [1.54, 1.807) is 0 Å². The molecule has 0 unspecified atom stereocenters. The molecule has 2 aliphatic rings. The SMILES string of the molecule is C=C(C)O[C@@H]1[C@@H](CO[Si](C)(C)C)N[C@H]2N(Cc3ccccc3)c3ccccc3[C@@]12c1cn(Cc2ccccc2)c2ccccc12. The number of anilines is 1. The molecule has 0 amide bonds. The Kier molecular flexibility index (Phi) is 7.68. The number of para-hydroxylation sites is 2. The van der Waals surface area contributed by atoms with E-state index in [0.29, 0.717) is 12.4 Å². The van der Waals surface area contributed by atoms with Crippen LogP contribution < -0.4 is 10.2 Å². The second kappa shape index (κ2) is 11.7. The molecule has 0 radical (unpaired) electrons. The molecular weight excluding hydrogens is 571 g/mol. The molecule has 1 aromatic heterocycles. The molecule has 230 valence electrons. The molecule has 7 rings (SSSR count). The van der Waals surface area contributed by atoms with Gasteiger partial charge in [-0.1, -0.05) is 104 Å². The van der Waals surface area contributed by atoms with Crippen LogP contribution in [0.4, 0.5) is 5.69 Å². The smallest absolute Gasteiger partial charge is 0.183 e. The van der Waals surface area contributed by atoms with Crippen molar-refractivity contribution >= 4 is 24.9 Å². The Morgan fingerprint density at radius 2 is 1.42 bits per heavy atom. The van der Waals surface area contributed by atoms with E-state index < -0.39 is 13.7 Å². The number of rotatable bonds is 10. The lowest BCUT2D eigenvalue weighted by molar-refractivity contribution is 0.0527. The Morgan fingerprint density at radius 3 is 2.11 bits per heavy atom. The van der Waals surface area contributed by atoms with Crippen molar-refractivity contribution in [3.8, 4) is 0 Å². The average Bonchev–Trinajstić information content (AvgIpc) is 3.63. The maximum Gasteiger partial charge on any atom is 0.183 e. The Balaban J connectivity index is 1.47. The lowest BCUT2D eigenvalue weighted by atomic mass is 9.70. The van der Waals surface area contributed by atoms with Crippen molar-refractivity contribution < 1.29 is 9.16 Å². The van der Waals surface area contributed by atoms with Gasteiger partial charge < -0.3 is 18.6 Å². The van der Waals surface area contributed by atoms with Crippen molar-refractivity contribution in [2.24, 2.45) is 0 Å². The van der Waals surface area contributed by atoms with E-state index in [1.165, 1.54) is 38.8 Å². The van der Waals surface area contributed by atoms with Gasteiger partial charge in [-0.05, 0) is 61.0 Å². The second-order valence-electron chi connectivity index (χ2n) is 13.5. The number of aromatic nitrogens is 1. The summed E-state index contributed by atoms with van der Waals surface area (Å²) in [4.78, 5) is 2.55. The fourth-order valence-corrected chi connectivity index (χ4v) is 8.18. The molecule has 2 aliphatic heterocycles. The van der Waals surface area contributed by atoms with Crippen molar-refractivity contribution in [3.63, 3.8) is 0 Å². The minimum Gasteiger partial charge on any atom is -0.493 e. The molecule has 0 spiro atoms. The van der Waals surface area contributed by atoms with Crippen LogP contribution in [0, 0.1) is 0 Å². The number of hydrogen-bond donors (Lipinski definition) is 1. The highest BCUT2D eigenvalue weighted by Crippen LogP contribution is 2.57. The van der Waals surface area contributed by atoms with Crippen LogP contribution >= 0.6 is 0 Å². The first-order chi connectivity index (χ1) is 21.8. The molecule has 0 saturated carbocycles. The Morgan fingerprint density at radius 1 is 0.800 bits per heavy atom. The van der Waals surface area contributed by atoms with Crippen LogP contribution in [0.1, 0.15) is 29.2 Å². The number of nitrogens with zero attached hydrogens (tertiary/aromatic N) is 2. The average molecular weight is 614 g/mol. The zero-order valence-electron chi connectivity index (χ0n) is 26.7. The summed E-state index contributed by atoms with van der Waals surface area (Å²) in [6, 6.07) is 39.2. The minimum absolute atomic E-state index is 0.0405. The highest BCUT2D eigenvalue weighted by Gasteiger charge is 2.65. The third-order valence-electron chi connectivity index (χ3n) is 9.24. The van der Waals surface area contributed by atoms with Gasteiger partial charge in [-0.2, -0.15) is 0 Å². The van der Waals surface area contributed by atoms with E-state index in [-0.39, 0.29) is 18.3 Å². The number of hydrogen-bond acceptors (Lipinski definition) is 4. The first-order valence-electron chi connectivity index (χ1n) is 16.0. The summed E-state index contributed by atoms with van der Waals surface area (Å²) in [7, 11) is -1.80. The molecule has 5 aromatic rings. The molecule has 1 N–H and O–H groups in total. The summed E-state index contributed by atoms with van der Waals surface area (Å²) in [5.74, 6) is 0.715. The summed E-state index contributed by atoms with van der Waals surface area (Å²) < 4.78 is 16.0. The molecule has 3 heterocycles. The van der Waals surface area contributed by atoms with E-state index in [9.17, 15) is 0 Å². The zero-order chi connectivity index (χ0) is 31.2. The van der Waals surface area contributed by atoms with Crippen molar-refractivity contribution in [1.82, 2.24) is 9.88 Å². The Labute approximate surface area is 268 Å². The molecule has 0 bridgehead atoms. The lowest BCUT2D eigenvalue weighted by Gasteiger charge is -2.38. The molecular formula is C39H43N3O2Si. The first-order valence-corrected chi connectivity index (χ1v) is 19.4. The molecule has 4 aromatic carbocycles. The van der Waals surface area contributed by atoms with Gasteiger partial charge in [0.05, 0.1) is 30.0 Å². The number of ether oxygens (including phenoxy) is 1. The molecule has 0 aliphatic carbocycles. The van der Waals surface area contributed by atoms with E-state index >= 15 is 0 Å². The van der Waals surface area contributed by atoms with Gasteiger partial charge in [0, 0.05) is 35.9 Å². The predicted octanol–water partition coefficient (Wildman–Crippen LogP) is 8.06. The molecule has 1 fully saturated rings. The van der Waals surface area contributed by atoms with Crippen LogP contribution in [-0.4, -0.2) is 37.8 Å². The third kappa shape index (κ3) is 5.31. The number of allylic oxidation sites excluding steroid dienone is 1. The molecule has 6 heteroatoms. The van der Waals surface area contributed by atoms with Crippen LogP contribution in [-0.2, 0) is 27.7 Å². The normalized spacial score (nSPS) is 22.4. The first kappa shape index (κ1) is 29.6. The predicted molar refractivity (Wildman–Crippen MR) is 187 cm³/mol. The summed E-state index contributed by atoms with van der Waals surface area (Å²) in [5.41, 5.74) is 7.03. The maximum atomic E-state index is 6.94. The summed E-state index contributed by atoms with van der Waals surface area (Å²) in [6.45, 7) is 15.1. The fourth-order valence-electron chi connectivity index (χ4n) is 7.50. The van der Waals surface area contributed by atoms with Gasteiger partial charge in [0.25, 0.3) is 0 Å². The van der Waals surface area contributed by atoms with Crippen LogP contribution in [0.25, 0.3) is 10.9 Å². The van der Waals surface area contributed by atoms with Crippen LogP contribution in [0.5, 0.6) is 0 Å². The summed E-state index contributed by atoms with van der Waals surface area (Å²) >= 11 is 0. The van der Waals surface area contributed by atoms with Gasteiger partial charge in [-0.3, -0.25) is 5.32 Å². The number of benzene rings is 4. The van der Waals surface area contributed by atoms with Gasteiger partial charge >= 0.3 is 0 Å². The topological polar surface area (TPSA) is 38.7 Å². The van der Waals surface area contributed by atoms with Crippen LogP contribution in [0.2, 0.25) is 19.6 Å². The summed E-state index contributed by atoms with van der Waals surface area (Å²) in [6.07, 6.45) is 2.09. The van der Waals surface area contributed by atoms with Gasteiger partial charge in [0.1, 0.15) is 6.10 Å². The van der Waals surface area contributed by atoms with Crippen molar-refractivity contribution in [3.05, 3.63) is 150 Å². The summed E-state index contributed by atoms with van der Waals surface area (Å²) in [5, 5.41) is 5.36. The Hall–Kier alpha value is -4.10. The standard InChI is InChI=1S/C39H43N3O2Si/c1-28(2)44-37-34(27-43-45(3,4)5)40-38-39(37,32-21-13-15-23-36(32)42(38)25-30-18-10-7-11-19-30)33-26-41(24-29-16-8-6-9-17-29)35-22-14-12-20-31(33)35/h6-23,26,34,37-38,40H,1,24-25,27H2,2-5H3/t34-,37-,38+,39-/m1/s1. The van der Waals surface area contributed by atoms with Crippen LogP contribution in [0.15, 0.2) is 128 Å². The van der Waals surface area contributed by atoms with Gasteiger partial charge in [0.2, 0.25) is 0 Å². The van der Waals surface area contributed by atoms with E-state index in [1.807, 2.05) is 6.92 Å². The second-order valence-corrected chi connectivity index (χ2v) is 18.0. The van der Waals surface area contributed by atoms with Crippen LogP contribution in [0.3, 0.4) is 0 Å². The van der Waals surface area contributed by atoms with E-state index in [0.717, 1.165) is 13.1 Å². The zero-order valence-corrected chi connectivity index (χ0v) is 27.7. The highest BCUT2D eigenvalue weighted by atomic mass is 28.4. The van der Waals surface area contributed by atoms with Crippen molar-refractivity contribution in [2.75, 3.05) is 11.5 Å². The van der Waals surface area contributed by atoms with Crippen molar-refractivity contribution in [2.45, 2.75) is 63.4 Å². The lowest BCUT2D eigenvalue weighted by Crippen LogP contribution is -2.51. The minimum atomic E-state index is -1.80. The van der Waals surface area contributed by atoms with E-state index in [4.69, 9.17) is 9.16 Å². The van der Waals surface area contributed by atoms with E-state index in [2.05, 4.69) is 156 Å². The Bertz CT molecular complexity index is 1810. The molecule has 45 heavy (non-hydrogen) atoms. The van der Waals surface area contributed by atoms with Gasteiger partial charge in [0.15, 0.2) is 8.32 Å². The van der Waals surface area contributed by atoms with Gasteiger partial charge in [-0.25, -0.2) is 0 Å². The number of nitrogens with one attached hydrogen (secondary N) is 1. The number of fused-ring (bicyclic) bond motifs is 4. The molecule has 4 atom stereocenters. The van der Waals surface area contributed by atoms with Gasteiger partial charge in [-0.15, -0.1) is 0 Å². The largest absolute Gasteiger partial charge is 0.493 e. The maximum absolute atomic E-state index is 6.94. The fraction of sp³-hybridized carbons (Fsp3) is 0.282.